The molecular weight excluding hydrogens is 302 g/mol. The normalized spacial score (nSPS) is 23.6. The Balaban J connectivity index is 1.76. The van der Waals surface area contributed by atoms with Crippen molar-refractivity contribution in [2.75, 3.05) is 6.54 Å². The molecule has 5 heteroatoms. The van der Waals surface area contributed by atoms with E-state index < -0.39 is 0 Å². The molecule has 126 valence electrons. The highest BCUT2D eigenvalue weighted by Gasteiger charge is 2.44. The number of hydrogen-bond donors (Lipinski definition) is 2. The van der Waals surface area contributed by atoms with Crippen LogP contribution in [0.15, 0.2) is 24.3 Å². The lowest BCUT2D eigenvalue weighted by atomic mass is 9.99. The van der Waals surface area contributed by atoms with Crippen LogP contribution < -0.4 is 0 Å². The van der Waals surface area contributed by atoms with Crippen LogP contribution in [0.1, 0.15) is 53.9 Å². The minimum Gasteiger partial charge on any atom is -0.494 e. The summed E-state index contributed by atoms with van der Waals surface area (Å²) in [7, 11) is 1.71. The van der Waals surface area contributed by atoms with Gasteiger partial charge in [-0.2, -0.15) is 0 Å². The number of aromatic hydroxyl groups is 2. The predicted octanol–water partition coefficient (Wildman–Crippen LogP) is 3.43. The molecule has 0 radical (unpaired) electrons. The van der Waals surface area contributed by atoms with E-state index >= 15 is 0 Å². The molecule has 0 spiro atoms. The highest BCUT2D eigenvalue weighted by atomic mass is 16.3. The molecule has 0 aliphatic carbocycles. The quantitative estimate of drug-likeness (QED) is 0.888. The number of piperidine rings is 1. The molecule has 2 aromatic heterocycles. The van der Waals surface area contributed by atoms with Gasteiger partial charge in [0.05, 0.1) is 11.7 Å². The van der Waals surface area contributed by atoms with Crippen molar-refractivity contribution in [1.82, 2.24) is 14.5 Å². The Morgan fingerprint density at radius 2 is 1.96 bits per heavy atom. The van der Waals surface area contributed by atoms with Crippen LogP contribution in [0.25, 0.3) is 6.08 Å². The van der Waals surface area contributed by atoms with E-state index in [1.807, 2.05) is 31.2 Å². The first kappa shape index (κ1) is 15.3. The Morgan fingerprint density at radius 3 is 2.75 bits per heavy atom. The standard InChI is InChI=1S/C19H23N3O2/c1-12-6-5-7-13(20-12)9-10-15-17-16(18(23)21(2)19(17)24)14-8-3-4-11-22(14)15/h5-7,9-10,14-15,23-24H,3-4,8,11H2,1-2H3/b10-9+. The van der Waals surface area contributed by atoms with E-state index in [4.69, 9.17) is 0 Å². The van der Waals surface area contributed by atoms with Gasteiger partial charge in [-0.3, -0.25) is 14.5 Å². The molecular formula is C19H23N3O2. The molecule has 1 fully saturated rings. The summed E-state index contributed by atoms with van der Waals surface area (Å²) in [5.74, 6) is 0.368. The molecule has 0 saturated carbocycles. The van der Waals surface area contributed by atoms with Crippen molar-refractivity contribution < 1.29 is 10.2 Å². The van der Waals surface area contributed by atoms with E-state index in [-0.39, 0.29) is 23.8 Å². The zero-order valence-corrected chi connectivity index (χ0v) is 14.1. The van der Waals surface area contributed by atoms with E-state index in [2.05, 4.69) is 16.0 Å². The molecule has 1 saturated heterocycles. The second-order valence-corrected chi connectivity index (χ2v) is 6.79. The van der Waals surface area contributed by atoms with Crippen LogP contribution in [0, 0.1) is 6.92 Å². The lowest BCUT2D eigenvalue weighted by molar-refractivity contribution is 0.138. The maximum absolute atomic E-state index is 10.5. The van der Waals surface area contributed by atoms with Crippen molar-refractivity contribution >= 4 is 6.08 Å². The summed E-state index contributed by atoms with van der Waals surface area (Å²) in [5, 5.41) is 21.0. The van der Waals surface area contributed by atoms with Gasteiger partial charge in [-0.1, -0.05) is 18.6 Å². The van der Waals surface area contributed by atoms with E-state index in [0.29, 0.717) is 0 Å². The Kier molecular flexibility index (Phi) is 3.61. The summed E-state index contributed by atoms with van der Waals surface area (Å²) in [4.78, 5) is 6.91. The third kappa shape index (κ3) is 2.23. The second kappa shape index (κ2) is 5.67. The van der Waals surface area contributed by atoms with Gasteiger partial charge >= 0.3 is 0 Å². The van der Waals surface area contributed by atoms with Gasteiger partial charge in [0.25, 0.3) is 0 Å². The molecule has 4 rings (SSSR count). The van der Waals surface area contributed by atoms with E-state index in [9.17, 15) is 10.2 Å². The molecule has 2 N–H and O–H groups in total. The molecule has 2 aliphatic rings. The van der Waals surface area contributed by atoms with Crippen LogP contribution in [0.5, 0.6) is 11.8 Å². The van der Waals surface area contributed by atoms with Crippen LogP contribution in [-0.4, -0.2) is 31.2 Å². The third-order valence-corrected chi connectivity index (χ3v) is 5.30. The van der Waals surface area contributed by atoms with Crippen LogP contribution in [0.3, 0.4) is 0 Å². The molecule has 24 heavy (non-hydrogen) atoms. The molecule has 0 amide bonds. The number of pyridine rings is 1. The van der Waals surface area contributed by atoms with Crippen LogP contribution >= 0.6 is 0 Å². The van der Waals surface area contributed by atoms with Crippen molar-refractivity contribution in [3.05, 3.63) is 46.8 Å². The largest absolute Gasteiger partial charge is 0.494 e. The van der Waals surface area contributed by atoms with Gasteiger partial charge in [-0.05, 0) is 44.5 Å². The number of hydrogen-bond acceptors (Lipinski definition) is 4. The van der Waals surface area contributed by atoms with Crippen LogP contribution in [0.4, 0.5) is 0 Å². The summed E-state index contributed by atoms with van der Waals surface area (Å²) < 4.78 is 1.49. The number of aryl methyl sites for hydroxylation is 1. The van der Waals surface area contributed by atoms with Gasteiger partial charge in [0, 0.05) is 29.9 Å². The highest BCUT2D eigenvalue weighted by molar-refractivity contribution is 5.56. The second-order valence-electron chi connectivity index (χ2n) is 6.79. The van der Waals surface area contributed by atoms with Crippen LogP contribution in [0.2, 0.25) is 0 Å². The van der Waals surface area contributed by atoms with Crippen LogP contribution in [-0.2, 0) is 7.05 Å². The topological polar surface area (TPSA) is 61.5 Å². The zero-order valence-electron chi connectivity index (χ0n) is 14.1. The zero-order chi connectivity index (χ0) is 16.8. The minimum atomic E-state index is -0.0142. The summed E-state index contributed by atoms with van der Waals surface area (Å²) >= 11 is 0. The average Bonchev–Trinajstić information content (AvgIpc) is 3.02. The van der Waals surface area contributed by atoms with Gasteiger partial charge in [0.15, 0.2) is 11.8 Å². The predicted molar refractivity (Wildman–Crippen MR) is 92.8 cm³/mol. The summed E-state index contributed by atoms with van der Waals surface area (Å²) in [5.41, 5.74) is 3.66. The van der Waals surface area contributed by atoms with Crippen molar-refractivity contribution in [3.8, 4) is 11.8 Å². The Morgan fingerprint density at radius 1 is 1.17 bits per heavy atom. The maximum atomic E-state index is 10.5. The molecule has 0 aromatic carbocycles. The molecule has 2 aromatic rings. The minimum absolute atomic E-state index is 0.0142. The highest BCUT2D eigenvalue weighted by Crippen LogP contribution is 2.54. The maximum Gasteiger partial charge on any atom is 0.199 e. The Bertz CT molecular complexity index is 809. The van der Waals surface area contributed by atoms with Gasteiger partial charge < -0.3 is 10.2 Å². The smallest absolute Gasteiger partial charge is 0.199 e. The molecule has 5 nitrogen and oxygen atoms in total. The van der Waals surface area contributed by atoms with Crippen molar-refractivity contribution in [1.29, 1.82) is 0 Å². The average molecular weight is 325 g/mol. The van der Waals surface area contributed by atoms with E-state index in [1.54, 1.807) is 7.05 Å². The first-order valence-electron chi connectivity index (χ1n) is 8.56. The van der Waals surface area contributed by atoms with Gasteiger partial charge in [0.2, 0.25) is 0 Å². The summed E-state index contributed by atoms with van der Waals surface area (Å²) in [6.45, 7) is 2.96. The monoisotopic (exact) mass is 325 g/mol. The van der Waals surface area contributed by atoms with Crippen molar-refractivity contribution in [2.45, 2.75) is 38.3 Å². The molecule has 2 aliphatic heterocycles. The fourth-order valence-corrected chi connectivity index (χ4v) is 4.14. The van der Waals surface area contributed by atoms with Gasteiger partial charge in [-0.25, -0.2) is 0 Å². The summed E-state index contributed by atoms with van der Waals surface area (Å²) in [6.07, 6.45) is 7.46. The van der Waals surface area contributed by atoms with Gasteiger partial charge in [0.1, 0.15) is 0 Å². The molecule has 2 unspecified atom stereocenters. The first-order valence-corrected chi connectivity index (χ1v) is 8.56. The molecule has 4 heterocycles. The fourth-order valence-electron chi connectivity index (χ4n) is 4.14. The Hall–Kier alpha value is -2.27. The number of rotatable bonds is 2. The molecule has 0 bridgehead atoms. The lowest BCUT2D eigenvalue weighted by Crippen LogP contribution is -2.30. The summed E-state index contributed by atoms with van der Waals surface area (Å²) in [6, 6.07) is 6.14. The molecule has 2 atom stereocenters. The Labute approximate surface area is 141 Å². The fraction of sp³-hybridized carbons (Fsp3) is 0.421. The lowest BCUT2D eigenvalue weighted by Gasteiger charge is -2.33. The van der Waals surface area contributed by atoms with Gasteiger partial charge in [-0.15, -0.1) is 0 Å². The SMILES string of the molecule is Cc1cccc(/C=C/C2c3c(c(O)n(C)c3O)C3CCCCN23)n1. The van der Waals surface area contributed by atoms with E-state index in [1.165, 1.54) is 4.57 Å². The van der Waals surface area contributed by atoms with E-state index in [0.717, 1.165) is 48.3 Å². The number of nitrogens with zero attached hydrogens (tertiary/aromatic N) is 3. The van der Waals surface area contributed by atoms with Crippen molar-refractivity contribution in [3.63, 3.8) is 0 Å². The number of aromatic nitrogens is 2. The van der Waals surface area contributed by atoms with Crippen molar-refractivity contribution in [2.24, 2.45) is 7.05 Å². The number of fused-ring (bicyclic) bond motifs is 3. The first-order chi connectivity index (χ1) is 11.6. The third-order valence-electron chi connectivity index (χ3n) is 5.30.